The van der Waals surface area contributed by atoms with Gasteiger partial charge in [-0.05, 0) is 35.9 Å². The zero-order valence-corrected chi connectivity index (χ0v) is 11.9. The lowest BCUT2D eigenvalue weighted by Crippen LogP contribution is -2.05. The van der Waals surface area contributed by atoms with Crippen molar-refractivity contribution in [1.29, 1.82) is 0 Å². The maximum absolute atomic E-state index is 12.7. The van der Waals surface area contributed by atoms with Gasteiger partial charge in [-0.25, -0.2) is 0 Å². The predicted molar refractivity (Wildman–Crippen MR) is 73.9 cm³/mol. The highest BCUT2D eigenvalue weighted by molar-refractivity contribution is 6.31. The number of aliphatic hydroxyl groups is 1. The SMILES string of the molecule is OCc1ccc(Oc2ccc(Cl)c(C(F)(F)F)c2)cc1Cl. The molecular weight excluding hydrogens is 328 g/mol. The lowest BCUT2D eigenvalue weighted by molar-refractivity contribution is -0.137. The molecule has 0 heterocycles. The van der Waals surface area contributed by atoms with E-state index in [-0.39, 0.29) is 23.1 Å². The third-order valence-corrected chi connectivity index (χ3v) is 3.36. The first-order valence-electron chi connectivity index (χ1n) is 5.75. The van der Waals surface area contributed by atoms with Crippen molar-refractivity contribution in [2.24, 2.45) is 0 Å². The van der Waals surface area contributed by atoms with E-state index in [9.17, 15) is 13.2 Å². The van der Waals surface area contributed by atoms with E-state index in [2.05, 4.69) is 0 Å². The van der Waals surface area contributed by atoms with E-state index in [4.69, 9.17) is 33.0 Å². The summed E-state index contributed by atoms with van der Waals surface area (Å²) in [5.41, 5.74) is -0.476. The third kappa shape index (κ3) is 3.81. The molecule has 2 rings (SSSR count). The molecule has 0 aliphatic rings. The predicted octanol–water partition coefficient (Wildman–Crippen LogP) is 5.30. The van der Waals surface area contributed by atoms with E-state index in [0.717, 1.165) is 12.1 Å². The second kappa shape index (κ2) is 6.13. The number of aliphatic hydroxyl groups excluding tert-OH is 1. The van der Waals surface area contributed by atoms with Crippen molar-refractivity contribution in [1.82, 2.24) is 0 Å². The Morgan fingerprint density at radius 3 is 2.14 bits per heavy atom. The van der Waals surface area contributed by atoms with Crippen LogP contribution in [0.25, 0.3) is 0 Å². The standard InChI is InChI=1S/C14H9Cl2F3O2/c15-12-4-3-9(5-11(12)14(17,18)19)21-10-2-1-8(7-20)13(16)6-10/h1-6,20H,7H2. The summed E-state index contributed by atoms with van der Waals surface area (Å²) in [6, 6.07) is 7.69. The molecule has 0 unspecified atom stereocenters. The minimum atomic E-state index is -4.56. The first-order valence-corrected chi connectivity index (χ1v) is 6.50. The quantitative estimate of drug-likeness (QED) is 0.824. The number of benzene rings is 2. The van der Waals surface area contributed by atoms with Crippen molar-refractivity contribution < 1.29 is 23.0 Å². The largest absolute Gasteiger partial charge is 0.457 e. The Kier molecular flexibility index (Phi) is 4.66. The van der Waals surface area contributed by atoms with E-state index in [1.54, 1.807) is 0 Å². The fourth-order valence-electron chi connectivity index (χ4n) is 1.64. The molecule has 1 N–H and O–H groups in total. The van der Waals surface area contributed by atoms with Crippen LogP contribution in [-0.4, -0.2) is 5.11 Å². The second-order valence-electron chi connectivity index (χ2n) is 4.15. The fourth-order valence-corrected chi connectivity index (χ4v) is 2.10. The molecule has 0 bridgehead atoms. The van der Waals surface area contributed by atoms with Crippen LogP contribution in [0.1, 0.15) is 11.1 Å². The molecule has 0 radical (unpaired) electrons. The number of ether oxygens (including phenoxy) is 1. The van der Waals surface area contributed by atoms with Gasteiger partial charge in [0, 0.05) is 5.02 Å². The molecule has 2 aromatic carbocycles. The molecule has 0 fully saturated rings. The van der Waals surface area contributed by atoms with E-state index in [0.29, 0.717) is 5.56 Å². The molecule has 7 heteroatoms. The van der Waals surface area contributed by atoms with Gasteiger partial charge in [0.05, 0.1) is 17.2 Å². The van der Waals surface area contributed by atoms with Gasteiger partial charge in [-0.3, -0.25) is 0 Å². The molecular formula is C14H9Cl2F3O2. The van der Waals surface area contributed by atoms with Crippen LogP contribution in [0.4, 0.5) is 13.2 Å². The Bertz CT molecular complexity index is 657. The minimum absolute atomic E-state index is 0.0143. The molecule has 0 aliphatic heterocycles. The van der Waals surface area contributed by atoms with Crippen molar-refractivity contribution in [3.63, 3.8) is 0 Å². The normalized spacial score (nSPS) is 11.5. The summed E-state index contributed by atoms with van der Waals surface area (Å²) in [7, 11) is 0. The summed E-state index contributed by atoms with van der Waals surface area (Å²) in [4.78, 5) is 0. The van der Waals surface area contributed by atoms with E-state index in [1.165, 1.54) is 24.3 Å². The first kappa shape index (κ1) is 15.9. The molecule has 0 amide bonds. The highest BCUT2D eigenvalue weighted by atomic mass is 35.5. The Balaban J connectivity index is 2.30. The van der Waals surface area contributed by atoms with Crippen LogP contribution < -0.4 is 4.74 Å². The first-order chi connectivity index (χ1) is 9.81. The van der Waals surface area contributed by atoms with Gasteiger partial charge in [0.2, 0.25) is 0 Å². The lowest BCUT2D eigenvalue weighted by Gasteiger charge is -2.12. The lowest BCUT2D eigenvalue weighted by atomic mass is 10.2. The Morgan fingerprint density at radius 1 is 0.952 bits per heavy atom. The number of hydrogen-bond acceptors (Lipinski definition) is 2. The molecule has 2 aromatic rings. The molecule has 0 atom stereocenters. The molecule has 0 spiro atoms. The minimum Gasteiger partial charge on any atom is -0.457 e. The Hall–Kier alpha value is -1.43. The number of hydrogen-bond donors (Lipinski definition) is 1. The summed E-state index contributed by atoms with van der Waals surface area (Å²) in [6.07, 6.45) is -4.56. The van der Waals surface area contributed by atoms with E-state index >= 15 is 0 Å². The van der Waals surface area contributed by atoms with E-state index in [1.807, 2.05) is 0 Å². The van der Waals surface area contributed by atoms with Crippen LogP contribution in [0.3, 0.4) is 0 Å². The molecule has 0 saturated carbocycles. The number of halogens is 5. The third-order valence-electron chi connectivity index (χ3n) is 2.67. The molecule has 0 saturated heterocycles. The summed E-state index contributed by atoms with van der Waals surface area (Å²) in [6.45, 7) is -0.238. The summed E-state index contributed by atoms with van der Waals surface area (Å²) in [5.74, 6) is 0.243. The van der Waals surface area contributed by atoms with Crippen LogP contribution in [0.2, 0.25) is 10.0 Å². The number of alkyl halides is 3. The maximum atomic E-state index is 12.7. The van der Waals surface area contributed by atoms with Gasteiger partial charge < -0.3 is 9.84 Å². The molecule has 21 heavy (non-hydrogen) atoms. The van der Waals surface area contributed by atoms with Crippen molar-refractivity contribution in [3.8, 4) is 11.5 Å². The average Bonchev–Trinajstić information content (AvgIpc) is 2.40. The van der Waals surface area contributed by atoms with Crippen LogP contribution in [-0.2, 0) is 12.8 Å². The molecule has 112 valence electrons. The van der Waals surface area contributed by atoms with Gasteiger partial charge in [-0.1, -0.05) is 29.3 Å². The van der Waals surface area contributed by atoms with Gasteiger partial charge in [-0.15, -0.1) is 0 Å². The summed E-state index contributed by atoms with van der Waals surface area (Å²) >= 11 is 11.4. The molecule has 2 nitrogen and oxygen atoms in total. The monoisotopic (exact) mass is 336 g/mol. The van der Waals surface area contributed by atoms with Gasteiger partial charge in [-0.2, -0.15) is 13.2 Å². The molecule has 0 aromatic heterocycles. The van der Waals surface area contributed by atoms with Gasteiger partial charge in [0.25, 0.3) is 0 Å². The fraction of sp³-hybridized carbons (Fsp3) is 0.143. The van der Waals surface area contributed by atoms with Gasteiger partial charge in [0.1, 0.15) is 11.5 Å². The van der Waals surface area contributed by atoms with Crippen molar-refractivity contribution in [2.45, 2.75) is 12.8 Å². The smallest absolute Gasteiger partial charge is 0.417 e. The van der Waals surface area contributed by atoms with E-state index < -0.39 is 16.8 Å². The highest BCUT2D eigenvalue weighted by Gasteiger charge is 2.33. The zero-order chi connectivity index (χ0) is 15.6. The van der Waals surface area contributed by atoms with Crippen molar-refractivity contribution in [3.05, 3.63) is 57.6 Å². The van der Waals surface area contributed by atoms with Crippen LogP contribution in [0, 0.1) is 0 Å². The molecule has 0 aliphatic carbocycles. The topological polar surface area (TPSA) is 29.5 Å². The van der Waals surface area contributed by atoms with Crippen LogP contribution in [0.5, 0.6) is 11.5 Å². The van der Waals surface area contributed by atoms with Gasteiger partial charge in [0.15, 0.2) is 0 Å². The Morgan fingerprint density at radius 2 is 1.57 bits per heavy atom. The van der Waals surface area contributed by atoms with Gasteiger partial charge >= 0.3 is 6.18 Å². The average molecular weight is 337 g/mol. The summed E-state index contributed by atoms with van der Waals surface area (Å²) < 4.78 is 43.5. The van der Waals surface area contributed by atoms with Crippen molar-refractivity contribution >= 4 is 23.2 Å². The van der Waals surface area contributed by atoms with Crippen LogP contribution >= 0.6 is 23.2 Å². The summed E-state index contributed by atoms with van der Waals surface area (Å²) in [5, 5.41) is 8.85. The second-order valence-corrected chi connectivity index (χ2v) is 4.97. The zero-order valence-electron chi connectivity index (χ0n) is 10.4. The number of rotatable bonds is 3. The van der Waals surface area contributed by atoms with Crippen molar-refractivity contribution in [2.75, 3.05) is 0 Å². The maximum Gasteiger partial charge on any atom is 0.417 e. The highest BCUT2D eigenvalue weighted by Crippen LogP contribution is 2.38. The van der Waals surface area contributed by atoms with Crippen LogP contribution in [0.15, 0.2) is 36.4 Å². The Labute approximate surface area is 128 Å².